The fraction of sp³-hybridized carbons (Fsp3) is 0.500. The van der Waals surface area contributed by atoms with Gasteiger partial charge in [-0.25, -0.2) is 0 Å². The van der Waals surface area contributed by atoms with Crippen LogP contribution in [0.5, 0.6) is 0 Å². The average molecular weight is 318 g/mol. The highest BCUT2D eigenvalue weighted by atomic mass is 35.5. The van der Waals surface area contributed by atoms with E-state index >= 15 is 0 Å². The van der Waals surface area contributed by atoms with Crippen LogP contribution >= 0.6 is 23.7 Å². The Labute approximate surface area is 129 Å². The van der Waals surface area contributed by atoms with Crippen molar-refractivity contribution < 1.29 is 4.39 Å². The van der Waals surface area contributed by atoms with Gasteiger partial charge in [-0.3, -0.25) is 4.68 Å². The Morgan fingerprint density at radius 3 is 2.65 bits per heavy atom. The van der Waals surface area contributed by atoms with Gasteiger partial charge in [-0.05, 0) is 25.0 Å². The molecule has 0 aliphatic rings. The minimum Gasteiger partial charge on any atom is -0.308 e. The van der Waals surface area contributed by atoms with Crippen molar-refractivity contribution in [1.82, 2.24) is 15.1 Å². The van der Waals surface area contributed by atoms with Crippen molar-refractivity contribution in [3.05, 3.63) is 39.6 Å². The van der Waals surface area contributed by atoms with Gasteiger partial charge in [0, 0.05) is 36.3 Å². The van der Waals surface area contributed by atoms with Crippen LogP contribution in [0.2, 0.25) is 0 Å². The molecule has 6 heteroatoms. The Kier molecular flexibility index (Phi) is 6.65. The largest absolute Gasteiger partial charge is 0.308 e. The number of thiophene rings is 1. The van der Waals surface area contributed by atoms with Crippen LogP contribution in [0.1, 0.15) is 42.8 Å². The molecular formula is C14H21ClFN3S. The topological polar surface area (TPSA) is 29.9 Å². The highest BCUT2D eigenvalue weighted by molar-refractivity contribution is 7.10. The maximum atomic E-state index is 12.9. The number of aryl methyl sites for hydroxylation is 1. The molecule has 0 aliphatic heterocycles. The molecule has 0 unspecified atom stereocenters. The summed E-state index contributed by atoms with van der Waals surface area (Å²) in [4.78, 5) is 1.02. The quantitative estimate of drug-likeness (QED) is 0.874. The monoisotopic (exact) mass is 317 g/mol. The third-order valence-electron chi connectivity index (χ3n) is 2.98. The SMILES string of the molecule is CCn1cc(CNCc2ccc(F)s2)c(C(C)C)n1.Cl. The molecule has 0 radical (unpaired) electrons. The summed E-state index contributed by atoms with van der Waals surface area (Å²) < 4.78 is 14.8. The van der Waals surface area contributed by atoms with Crippen molar-refractivity contribution in [3.63, 3.8) is 0 Å². The smallest absolute Gasteiger partial charge is 0.176 e. The third-order valence-corrected chi connectivity index (χ3v) is 3.86. The van der Waals surface area contributed by atoms with E-state index in [-0.39, 0.29) is 17.5 Å². The normalized spacial score (nSPS) is 10.8. The number of nitrogens with zero attached hydrogens (tertiary/aromatic N) is 2. The van der Waals surface area contributed by atoms with Crippen molar-refractivity contribution in [2.75, 3.05) is 0 Å². The molecule has 2 aromatic rings. The van der Waals surface area contributed by atoms with E-state index < -0.39 is 0 Å². The maximum absolute atomic E-state index is 12.9. The lowest BCUT2D eigenvalue weighted by atomic mass is 10.1. The number of halogens is 2. The van der Waals surface area contributed by atoms with E-state index in [9.17, 15) is 4.39 Å². The summed E-state index contributed by atoms with van der Waals surface area (Å²) in [5, 5.41) is 7.81. The second-order valence-corrected chi connectivity index (χ2v) is 5.98. The summed E-state index contributed by atoms with van der Waals surface area (Å²) in [6, 6.07) is 3.34. The molecule has 0 fully saturated rings. The average Bonchev–Trinajstić information content (AvgIpc) is 2.96. The van der Waals surface area contributed by atoms with Gasteiger partial charge in [-0.15, -0.1) is 23.7 Å². The molecule has 2 heterocycles. The summed E-state index contributed by atoms with van der Waals surface area (Å²) in [6.07, 6.45) is 2.09. The van der Waals surface area contributed by atoms with Gasteiger partial charge in [0.1, 0.15) is 0 Å². The van der Waals surface area contributed by atoms with Crippen molar-refractivity contribution >= 4 is 23.7 Å². The van der Waals surface area contributed by atoms with Crippen molar-refractivity contribution in [3.8, 4) is 0 Å². The summed E-state index contributed by atoms with van der Waals surface area (Å²) in [7, 11) is 0. The molecule has 20 heavy (non-hydrogen) atoms. The molecule has 0 amide bonds. The second-order valence-electron chi connectivity index (χ2n) is 4.86. The highest BCUT2D eigenvalue weighted by Gasteiger charge is 2.11. The maximum Gasteiger partial charge on any atom is 0.176 e. The van der Waals surface area contributed by atoms with Gasteiger partial charge in [-0.1, -0.05) is 13.8 Å². The van der Waals surface area contributed by atoms with E-state index in [0.717, 1.165) is 23.7 Å². The minimum absolute atomic E-state index is 0. The molecule has 0 atom stereocenters. The molecule has 0 aromatic carbocycles. The first-order valence-corrected chi connectivity index (χ1v) is 7.43. The van der Waals surface area contributed by atoms with Crippen LogP contribution in [0.15, 0.2) is 18.3 Å². The summed E-state index contributed by atoms with van der Waals surface area (Å²) >= 11 is 1.19. The van der Waals surface area contributed by atoms with Crippen LogP contribution in [-0.4, -0.2) is 9.78 Å². The standard InChI is InChI=1S/C14H20FN3S.ClH/c1-4-18-9-11(14(17-18)10(2)3)7-16-8-12-5-6-13(15)19-12;/h5-6,9-10,16H,4,7-8H2,1-3H3;1H. The predicted octanol–water partition coefficient (Wildman–Crippen LogP) is 3.94. The van der Waals surface area contributed by atoms with Crippen molar-refractivity contribution in [1.29, 1.82) is 0 Å². The van der Waals surface area contributed by atoms with E-state index in [1.165, 1.54) is 23.0 Å². The number of nitrogens with one attached hydrogen (secondary N) is 1. The molecule has 0 bridgehead atoms. The summed E-state index contributed by atoms with van der Waals surface area (Å²) in [6.45, 7) is 8.75. The molecule has 1 N–H and O–H groups in total. The predicted molar refractivity (Wildman–Crippen MR) is 84.1 cm³/mol. The Hall–Kier alpha value is -0.910. The number of aromatic nitrogens is 2. The van der Waals surface area contributed by atoms with Gasteiger partial charge in [-0.2, -0.15) is 9.49 Å². The number of hydrogen-bond donors (Lipinski definition) is 1. The lowest BCUT2D eigenvalue weighted by Crippen LogP contribution is -2.12. The lowest BCUT2D eigenvalue weighted by molar-refractivity contribution is 0.635. The van der Waals surface area contributed by atoms with Crippen LogP contribution < -0.4 is 5.32 Å². The van der Waals surface area contributed by atoms with E-state index in [4.69, 9.17) is 0 Å². The molecule has 2 rings (SSSR count). The van der Waals surface area contributed by atoms with E-state index in [1.54, 1.807) is 0 Å². The molecular weight excluding hydrogens is 297 g/mol. The van der Waals surface area contributed by atoms with Gasteiger partial charge < -0.3 is 5.32 Å². The van der Waals surface area contributed by atoms with Crippen LogP contribution in [-0.2, 0) is 19.6 Å². The van der Waals surface area contributed by atoms with Crippen molar-refractivity contribution in [2.45, 2.75) is 46.3 Å². The van der Waals surface area contributed by atoms with Gasteiger partial charge in [0.15, 0.2) is 5.13 Å². The van der Waals surface area contributed by atoms with Gasteiger partial charge in [0.05, 0.1) is 5.69 Å². The van der Waals surface area contributed by atoms with Crippen molar-refractivity contribution in [2.24, 2.45) is 0 Å². The fourth-order valence-corrected chi connectivity index (χ4v) is 2.73. The van der Waals surface area contributed by atoms with E-state index in [0.29, 0.717) is 12.5 Å². The van der Waals surface area contributed by atoms with Crippen LogP contribution in [0.3, 0.4) is 0 Å². The third kappa shape index (κ3) is 4.30. The fourth-order valence-electron chi connectivity index (χ4n) is 2.03. The zero-order valence-electron chi connectivity index (χ0n) is 12.0. The Morgan fingerprint density at radius 2 is 2.10 bits per heavy atom. The molecule has 0 aliphatic carbocycles. The summed E-state index contributed by atoms with van der Waals surface area (Å²) in [5.74, 6) is 0.420. The van der Waals surface area contributed by atoms with Gasteiger partial charge >= 0.3 is 0 Å². The summed E-state index contributed by atoms with van der Waals surface area (Å²) in [5.41, 5.74) is 2.38. The molecule has 112 valence electrons. The lowest BCUT2D eigenvalue weighted by Gasteiger charge is -2.06. The van der Waals surface area contributed by atoms with Crippen LogP contribution in [0.4, 0.5) is 4.39 Å². The Balaban J connectivity index is 0.00000200. The van der Waals surface area contributed by atoms with E-state index in [1.807, 2.05) is 10.7 Å². The minimum atomic E-state index is -0.126. The number of hydrogen-bond acceptors (Lipinski definition) is 3. The van der Waals surface area contributed by atoms with Crippen LogP contribution in [0, 0.1) is 5.13 Å². The molecule has 0 saturated heterocycles. The first kappa shape index (κ1) is 17.1. The van der Waals surface area contributed by atoms with E-state index in [2.05, 4.69) is 37.4 Å². The Bertz CT molecular complexity index is 536. The zero-order valence-corrected chi connectivity index (χ0v) is 13.7. The zero-order chi connectivity index (χ0) is 13.8. The first-order valence-electron chi connectivity index (χ1n) is 6.61. The molecule has 0 saturated carbocycles. The molecule has 0 spiro atoms. The second kappa shape index (κ2) is 7.76. The Morgan fingerprint density at radius 1 is 1.35 bits per heavy atom. The van der Waals surface area contributed by atoms with Gasteiger partial charge in [0.2, 0.25) is 0 Å². The van der Waals surface area contributed by atoms with Gasteiger partial charge in [0.25, 0.3) is 0 Å². The highest BCUT2D eigenvalue weighted by Crippen LogP contribution is 2.18. The molecule has 3 nitrogen and oxygen atoms in total. The van der Waals surface area contributed by atoms with Crippen LogP contribution in [0.25, 0.3) is 0 Å². The molecule has 2 aromatic heterocycles. The number of rotatable bonds is 6. The first-order chi connectivity index (χ1) is 9.10.